The van der Waals surface area contributed by atoms with E-state index in [1.165, 1.54) is 9.13 Å². The Labute approximate surface area is 164 Å². The molecule has 0 aliphatic heterocycles. The van der Waals surface area contributed by atoms with Crippen LogP contribution in [0.4, 0.5) is 0 Å². The number of hydrogen-bond acceptors (Lipinski definition) is 3. The Hall–Kier alpha value is -2.51. The summed E-state index contributed by atoms with van der Waals surface area (Å²) in [5.41, 5.74) is 2.43. The largest absolute Gasteiger partial charge is 0.332 e. The normalized spacial score (nSPS) is 11.8. The molecule has 27 heavy (non-hydrogen) atoms. The van der Waals surface area contributed by atoms with E-state index in [2.05, 4.69) is 4.98 Å². The summed E-state index contributed by atoms with van der Waals surface area (Å²) in [6, 6.07) is 4.98. The van der Waals surface area contributed by atoms with Crippen LogP contribution in [0, 0.1) is 13.8 Å². The van der Waals surface area contributed by atoms with Crippen molar-refractivity contribution in [2.75, 3.05) is 0 Å². The Bertz CT molecular complexity index is 1360. The van der Waals surface area contributed by atoms with Gasteiger partial charge in [-0.2, -0.15) is 4.98 Å². The Kier molecular flexibility index (Phi) is 3.98. The molecule has 0 unspecified atom stereocenters. The van der Waals surface area contributed by atoms with Crippen molar-refractivity contribution < 1.29 is 0 Å². The van der Waals surface area contributed by atoms with E-state index in [-0.39, 0.29) is 6.54 Å². The lowest BCUT2D eigenvalue weighted by molar-refractivity contribution is 0.656. The van der Waals surface area contributed by atoms with Crippen LogP contribution in [-0.4, -0.2) is 23.1 Å². The highest BCUT2D eigenvalue weighted by Gasteiger charge is 2.21. The molecule has 4 rings (SSSR count). The molecular formula is C18H17Cl2N5O2. The SMILES string of the molecule is Cc1c(C)n2c3c(=O)n(Cc4ccc(Cl)cc4Cl)c(=O)n(C)c3nc2n1C. The number of nitrogens with zero attached hydrogens (tertiary/aromatic N) is 5. The second kappa shape index (κ2) is 6.00. The van der Waals surface area contributed by atoms with Gasteiger partial charge in [-0.05, 0) is 31.5 Å². The van der Waals surface area contributed by atoms with Crippen LogP contribution in [0.2, 0.25) is 10.0 Å². The van der Waals surface area contributed by atoms with Crippen molar-refractivity contribution in [2.24, 2.45) is 14.1 Å². The monoisotopic (exact) mass is 405 g/mol. The van der Waals surface area contributed by atoms with Crippen LogP contribution < -0.4 is 11.2 Å². The van der Waals surface area contributed by atoms with Gasteiger partial charge in [0.1, 0.15) is 0 Å². The average Bonchev–Trinajstić information content (AvgIpc) is 3.11. The molecule has 140 valence electrons. The highest BCUT2D eigenvalue weighted by Crippen LogP contribution is 2.22. The summed E-state index contributed by atoms with van der Waals surface area (Å²) in [5, 5.41) is 0.897. The molecule has 3 aromatic heterocycles. The second-order valence-electron chi connectivity index (χ2n) is 6.62. The summed E-state index contributed by atoms with van der Waals surface area (Å²) in [6.45, 7) is 3.94. The molecule has 0 saturated heterocycles. The molecule has 0 aliphatic carbocycles. The van der Waals surface area contributed by atoms with Crippen LogP contribution in [0.3, 0.4) is 0 Å². The van der Waals surface area contributed by atoms with Gasteiger partial charge in [-0.3, -0.25) is 18.3 Å². The Balaban J connectivity index is 2.07. The standard InChI is InChI=1S/C18H17Cl2N5O2/c1-9-10(2)25-14-15(21-17(25)22(9)3)23(4)18(27)24(16(14)26)8-11-5-6-12(19)7-13(11)20/h5-7H,8H2,1-4H3. The first-order valence-electron chi connectivity index (χ1n) is 8.30. The smallest absolute Gasteiger partial charge is 0.317 e. The molecule has 4 aromatic rings. The summed E-state index contributed by atoms with van der Waals surface area (Å²) in [4.78, 5) is 30.6. The van der Waals surface area contributed by atoms with Gasteiger partial charge in [0.15, 0.2) is 11.2 Å². The van der Waals surface area contributed by atoms with Gasteiger partial charge in [0, 0.05) is 35.5 Å². The molecule has 0 aliphatic rings. The zero-order chi connectivity index (χ0) is 19.6. The fourth-order valence-corrected chi connectivity index (χ4v) is 3.83. The van der Waals surface area contributed by atoms with Gasteiger partial charge in [0.2, 0.25) is 5.78 Å². The van der Waals surface area contributed by atoms with Gasteiger partial charge in [0.05, 0.1) is 6.54 Å². The molecule has 7 nitrogen and oxygen atoms in total. The predicted molar refractivity (Wildman–Crippen MR) is 106 cm³/mol. The zero-order valence-corrected chi connectivity index (χ0v) is 16.8. The molecular weight excluding hydrogens is 389 g/mol. The van der Waals surface area contributed by atoms with E-state index in [0.29, 0.717) is 32.6 Å². The van der Waals surface area contributed by atoms with Crippen LogP contribution in [0.1, 0.15) is 17.0 Å². The summed E-state index contributed by atoms with van der Waals surface area (Å²) in [6.07, 6.45) is 0. The number of fused-ring (bicyclic) bond motifs is 3. The third-order valence-corrected chi connectivity index (χ3v) is 5.72. The first-order valence-corrected chi connectivity index (χ1v) is 9.05. The lowest BCUT2D eigenvalue weighted by atomic mass is 10.2. The molecule has 1 aromatic carbocycles. The minimum absolute atomic E-state index is 0.0511. The summed E-state index contributed by atoms with van der Waals surface area (Å²) >= 11 is 12.2. The third-order valence-electron chi connectivity index (χ3n) is 5.13. The van der Waals surface area contributed by atoms with Crippen molar-refractivity contribution in [3.8, 4) is 0 Å². The molecule has 0 fully saturated rings. The Morgan fingerprint density at radius 2 is 1.74 bits per heavy atom. The first-order chi connectivity index (χ1) is 12.7. The lowest BCUT2D eigenvalue weighted by Gasteiger charge is -2.10. The Morgan fingerprint density at radius 3 is 2.41 bits per heavy atom. The van der Waals surface area contributed by atoms with E-state index in [1.54, 1.807) is 29.6 Å². The van der Waals surface area contributed by atoms with Gasteiger partial charge in [-0.25, -0.2) is 4.79 Å². The topological polar surface area (TPSA) is 66.2 Å². The van der Waals surface area contributed by atoms with Crippen molar-refractivity contribution in [1.82, 2.24) is 23.1 Å². The first kappa shape index (κ1) is 17.9. The van der Waals surface area contributed by atoms with Crippen LogP contribution in [0.15, 0.2) is 27.8 Å². The minimum Gasteiger partial charge on any atom is -0.317 e. The molecule has 0 bridgehead atoms. The minimum atomic E-state index is -0.448. The maximum Gasteiger partial charge on any atom is 0.332 e. The van der Waals surface area contributed by atoms with E-state index in [4.69, 9.17) is 23.2 Å². The lowest BCUT2D eigenvalue weighted by Crippen LogP contribution is -2.39. The number of aryl methyl sites for hydroxylation is 3. The van der Waals surface area contributed by atoms with Crippen LogP contribution in [0.5, 0.6) is 0 Å². The predicted octanol–water partition coefficient (Wildman–Crippen LogP) is 2.66. The van der Waals surface area contributed by atoms with Gasteiger partial charge < -0.3 is 4.57 Å². The average molecular weight is 406 g/mol. The van der Waals surface area contributed by atoms with Gasteiger partial charge >= 0.3 is 5.69 Å². The van der Waals surface area contributed by atoms with Crippen LogP contribution >= 0.6 is 23.2 Å². The fraction of sp³-hybridized carbons (Fsp3) is 0.278. The molecule has 0 atom stereocenters. The van der Waals surface area contributed by atoms with E-state index in [0.717, 1.165) is 11.4 Å². The summed E-state index contributed by atoms with van der Waals surface area (Å²) in [5.74, 6) is 0.620. The van der Waals surface area contributed by atoms with Crippen LogP contribution in [-0.2, 0) is 20.6 Å². The van der Waals surface area contributed by atoms with Crippen molar-refractivity contribution >= 4 is 40.1 Å². The molecule has 3 heterocycles. The van der Waals surface area contributed by atoms with Gasteiger partial charge in [-0.1, -0.05) is 29.3 Å². The van der Waals surface area contributed by atoms with Gasteiger partial charge in [-0.15, -0.1) is 0 Å². The number of benzene rings is 1. The van der Waals surface area contributed by atoms with Crippen molar-refractivity contribution in [1.29, 1.82) is 0 Å². The molecule has 0 spiro atoms. The highest BCUT2D eigenvalue weighted by molar-refractivity contribution is 6.35. The van der Waals surface area contributed by atoms with Crippen molar-refractivity contribution in [3.05, 3.63) is 66.0 Å². The van der Waals surface area contributed by atoms with Crippen molar-refractivity contribution in [3.63, 3.8) is 0 Å². The summed E-state index contributed by atoms with van der Waals surface area (Å²) in [7, 11) is 3.49. The van der Waals surface area contributed by atoms with E-state index >= 15 is 0 Å². The molecule has 9 heteroatoms. The van der Waals surface area contributed by atoms with Gasteiger partial charge in [0.25, 0.3) is 5.56 Å². The number of halogens is 2. The van der Waals surface area contributed by atoms with E-state index in [1.807, 2.05) is 25.5 Å². The third kappa shape index (κ3) is 2.45. The van der Waals surface area contributed by atoms with Crippen molar-refractivity contribution in [2.45, 2.75) is 20.4 Å². The zero-order valence-electron chi connectivity index (χ0n) is 15.2. The number of hydrogen-bond donors (Lipinski definition) is 0. The quantitative estimate of drug-likeness (QED) is 0.514. The summed E-state index contributed by atoms with van der Waals surface area (Å²) < 4.78 is 6.27. The molecule has 0 saturated carbocycles. The van der Waals surface area contributed by atoms with E-state index < -0.39 is 11.2 Å². The Morgan fingerprint density at radius 1 is 1.04 bits per heavy atom. The molecule has 0 amide bonds. The van der Waals surface area contributed by atoms with E-state index in [9.17, 15) is 9.59 Å². The second-order valence-corrected chi connectivity index (χ2v) is 7.46. The van der Waals surface area contributed by atoms with Crippen LogP contribution in [0.25, 0.3) is 16.9 Å². The molecule has 0 radical (unpaired) electrons. The maximum atomic E-state index is 13.2. The number of rotatable bonds is 2. The number of imidazole rings is 2. The molecule has 0 N–H and O–H groups in total. The fourth-order valence-electron chi connectivity index (χ4n) is 3.37. The highest BCUT2D eigenvalue weighted by atomic mass is 35.5. The maximum absolute atomic E-state index is 13.2. The number of aromatic nitrogens is 5.